The van der Waals surface area contributed by atoms with Crippen LogP contribution in [0.4, 0.5) is 0 Å². The third-order valence-corrected chi connectivity index (χ3v) is 8.36. The molecule has 0 saturated heterocycles. The van der Waals surface area contributed by atoms with Gasteiger partial charge in [0.05, 0.1) is 6.54 Å². The molecule has 0 radical (unpaired) electrons. The lowest BCUT2D eigenvalue weighted by molar-refractivity contribution is -0.144. The number of carbonyl (C=O) groups is 1. The van der Waals surface area contributed by atoms with Gasteiger partial charge in [0.15, 0.2) is 6.29 Å². The fraction of sp³-hybridized carbons (Fsp3) is 0.972. The highest BCUT2D eigenvalue weighted by Gasteiger charge is 2.17. The Balaban J connectivity index is 3.84. The summed E-state index contributed by atoms with van der Waals surface area (Å²) in [5, 5.41) is 10.2. The molecular weight excluding hydrogens is 494 g/mol. The summed E-state index contributed by atoms with van der Waals surface area (Å²) in [5.74, 6) is 0.191. The van der Waals surface area contributed by atoms with Crippen molar-refractivity contribution < 1.29 is 14.6 Å². The highest BCUT2D eigenvalue weighted by atomic mass is 16.6. The van der Waals surface area contributed by atoms with Crippen molar-refractivity contribution in [2.75, 3.05) is 19.7 Å². The summed E-state index contributed by atoms with van der Waals surface area (Å²) in [7, 11) is 0. The van der Waals surface area contributed by atoms with E-state index in [1.165, 1.54) is 154 Å². The van der Waals surface area contributed by atoms with Gasteiger partial charge in [-0.25, -0.2) is 0 Å². The van der Waals surface area contributed by atoms with Crippen LogP contribution < -0.4 is 0 Å². The first-order chi connectivity index (χ1) is 19.7. The summed E-state index contributed by atoms with van der Waals surface area (Å²) in [6.45, 7) is 7.98. The summed E-state index contributed by atoms with van der Waals surface area (Å²) in [6, 6.07) is 0. The molecule has 0 spiro atoms. The molecule has 1 N–H and O–H groups in total. The molecule has 0 aromatic rings. The summed E-state index contributed by atoms with van der Waals surface area (Å²) < 4.78 is 5.33. The number of aliphatic hydroxyl groups excluding tert-OH is 1. The van der Waals surface area contributed by atoms with E-state index in [-0.39, 0.29) is 5.91 Å². The minimum absolute atomic E-state index is 0.191. The number of rotatable bonds is 33. The molecule has 40 heavy (non-hydrogen) atoms. The van der Waals surface area contributed by atoms with Crippen molar-refractivity contribution in [3.05, 3.63) is 0 Å². The van der Waals surface area contributed by atoms with Crippen LogP contribution in [0.2, 0.25) is 0 Å². The van der Waals surface area contributed by atoms with Gasteiger partial charge >= 0.3 is 0 Å². The lowest BCUT2D eigenvalue weighted by Gasteiger charge is -2.25. The van der Waals surface area contributed by atoms with E-state index in [0.29, 0.717) is 19.6 Å². The average molecular weight is 568 g/mol. The van der Waals surface area contributed by atoms with E-state index in [1.807, 2.05) is 11.8 Å². The molecule has 1 amide bonds. The molecule has 0 bridgehead atoms. The molecule has 0 aliphatic rings. The molecule has 0 aromatic carbocycles. The summed E-state index contributed by atoms with van der Waals surface area (Å²) in [4.78, 5) is 14.8. The Bertz CT molecular complexity index is 498. The topological polar surface area (TPSA) is 49.8 Å². The maximum Gasteiger partial charge on any atom is 0.222 e. The Morgan fingerprint density at radius 3 is 1.20 bits per heavy atom. The number of aliphatic hydroxyl groups is 1. The van der Waals surface area contributed by atoms with E-state index in [9.17, 15) is 9.90 Å². The molecule has 4 heteroatoms. The standard InChI is InChI=1S/C36H73NO3/c1-4-7-9-11-13-15-17-19-21-23-25-27-29-31-33-37(34-36(39)40-6-3)35(38)32-30-28-26-24-22-20-18-16-14-12-10-8-5-2/h36,39H,4-34H2,1-3H3. The van der Waals surface area contributed by atoms with E-state index in [4.69, 9.17) is 4.74 Å². The lowest BCUT2D eigenvalue weighted by atomic mass is 10.0. The minimum Gasteiger partial charge on any atom is -0.366 e. The van der Waals surface area contributed by atoms with Crippen LogP contribution in [0.25, 0.3) is 0 Å². The molecule has 4 nitrogen and oxygen atoms in total. The van der Waals surface area contributed by atoms with Crippen LogP contribution in [0, 0.1) is 0 Å². The number of unbranched alkanes of at least 4 members (excludes halogenated alkanes) is 25. The molecular formula is C36H73NO3. The maximum atomic E-state index is 12.9. The minimum atomic E-state index is -0.868. The first kappa shape index (κ1) is 39.4. The van der Waals surface area contributed by atoms with Crippen molar-refractivity contribution in [1.82, 2.24) is 4.90 Å². The van der Waals surface area contributed by atoms with Crippen LogP contribution in [0.3, 0.4) is 0 Å². The van der Waals surface area contributed by atoms with Crippen LogP contribution in [0.5, 0.6) is 0 Å². The predicted molar refractivity (Wildman–Crippen MR) is 175 cm³/mol. The van der Waals surface area contributed by atoms with Gasteiger partial charge in [-0.3, -0.25) is 4.79 Å². The number of nitrogens with zero attached hydrogens (tertiary/aromatic N) is 1. The fourth-order valence-corrected chi connectivity index (χ4v) is 5.70. The quantitative estimate of drug-likeness (QED) is 0.0633. The van der Waals surface area contributed by atoms with Gasteiger partial charge in [-0.2, -0.15) is 0 Å². The van der Waals surface area contributed by atoms with E-state index < -0.39 is 6.29 Å². The monoisotopic (exact) mass is 568 g/mol. The Kier molecular flexibility index (Phi) is 32.4. The second kappa shape index (κ2) is 32.9. The number of carbonyl (C=O) groups excluding carboxylic acids is 1. The zero-order chi connectivity index (χ0) is 29.4. The van der Waals surface area contributed by atoms with Crippen molar-refractivity contribution >= 4 is 5.91 Å². The van der Waals surface area contributed by atoms with Crippen molar-refractivity contribution in [2.45, 2.75) is 207 Å². The average Bonchev–Trinajstić information content (AvgIpc) is 2.95. The molecule has 240 valence electrons. The first-order valence-corrected chi connectivity index (χ1v) is 18.2. The van der Waals surface area contributed by atoms with E-state index in [1.54, 1.807) is 0 Å². The highest BCUT2D eigenvalue weighted by molar-refractivity contribution is 5.76. The smallest absolute Gasteiger partial charge is 0.222 e. The second-order valence-electron chi connectivity index (χ2n) is 12.3. The zero-order valence-corrected chi connectivity index (χ0v) is 27.7. The molecule has 0 fully saturated rings. The van der Waals surface area contributed by atoms with Gasteiger partial charge in [-0.15, -0.1) is 0 Å². The van der Waals surface area contributed by atoms with Crippen LogP contribution in [0.1, 0.15) is 201 Å². The Morgan fingerprint density at radius 2 is 0.850 bits per heavy atom. The van der Waals surface area contributed by atoms with Gasteiger partial charge in [0.2, 0.25) is 5.91 Å². The Labute approximate surface area is 251 Å². The fourth-order valence-electron chi connectivity index (χ4n) is 5.70. The molecule has 0 aliphatic carbocycles. The third kappa shape index (κ3) is 28.9. The van der Waals surface area contributed by atoms with Gasteiger partial charge in [0, 0.05) is 19.6 Å². The predicted octanol–water partition coefficient (Wildman–Crippen LogP) is 11.1. The van der Waals surface area contributed by atoms with Gasteiger partial charge in [0.1, 0.15) is 0 Å². The number of hydrogen-bond acceptors (Lipinski definition) is 3. The maximum absolute atomic E-state index is 12.9. The largest absolute Gasteiger partial charge is 0.366 e. The van der Waals surface area contributed by atoms with E-state index in [0.717, 1.165) is 25.8 Å². The van der Waals surface area contributed by atoms with Gasteiger partial charge < -0.3 is 14.7 Å². The molecule has 0 aromatic heterocycles. The molecule has 1 atom stereocenters. The van der Waals surface area contributed by atoms with E-state index >= 15 is 0 Å². The van der Waals surface area contributed by atoms with Crippen LogP contribution in [0.15, 0.2) is 0 Å². The van der Waals surface area contributed by atoms with Crippen molar-refractivity contribution in [3.63, 3.8) is 0 Å². The highest BCUT2D eigenvalue weighted by Crippen LogP contribution is 2.15. The molecule has 0 aliphatic heterocycles. The van der Waals surface area contributed by atoms with Crippen LogP contribution in [-0.4, -0.2) is 41.9 Å². The third-order valence-electron chi connectivity index (χ3n) is 8.36. The van der Waals surface area contributed by atoms with E-state index in [2.05, 4.69) is 13.8 Å². The first-order valence-electron chi connectivity index (χ1n) is 18.2. The summed E-state index contributed by atoms with van der Waals surface area (Å²) >= 11 is 0. The van der Waals surface area contributed by atoms with Crippen LogP contribution >= 0.6 is 0 Å². The number of amides is 1. The lowest BCUT2D eigenvalue weighted by Crippen LogP contribution is -2.39. The zero-order valence-electron chi connectivity index (χ0n) is 27.7. The molecule has 0 saturated carbocycles. The molecule has 0 rings (SSSR count). The second-order valence-corrected chi connectivity index (χ2v) is 12.3. The number of ether oxygens (including phenoxy) is 1. The van der Waals surface area contributed by atoms with Crippen LogP contribution in [-0.2, 0) is 9.53 Å². The number of hydrogen-bond donors (Lipinski definition) is 1. The van der Waals surface area contributed by atoms with Gasteiger partial charge in [-0.1, -0.05) is 174 Å². The van der Waals surface area contributed by atoms with Crippen molar-refractivity contribution in [2.24, 2.45) is 0 Å². The van der Waals surface area contributed by atoms with Crippen molar-refractivity contribution in [3.8, 4) is 0 Å². The van der Waals surface area contributed by atoms with Gasteiger partial charge in [0.25, 0.3) is 0 Å². The summed E-state index contributed by atoms with van der Waals surface area (Å²) in [6.07, 6.45) is 35.6. The van der Waals surface area contributed by atoms with Gasteiger partial charge in [-0.05, 0) is 19.8 Å². The SMILES string of the molecule is CCCCCCCCCCCCCCCCN(CC(O)OCC)C(=O)CCCCCCCCCCCCCCC. The summed E-state index contributed by atoms with van der Waals surface area (Å²) in [5.41, 5.74) is 0. The molecule has 0 heterocycles. The molecule has 1 unspecified atom stereocenters. The van der Waals surface area contributed by atoms with Crippen molar-refractivity contribution in [1.29, 1.82) is 0 Å². The Morgan fingerprint density at radius 1 is 0.525 bits per heavy atom. The normalized spacial score (nSPS) is 12.2. The Hall–Kier alpha value is -0.610.